The number of aryl methyl sites for hydroxylation is 1. The van der Waals surface area contributed by atoms with Crippen LogP contribution < -0.4 is 14.8 Å². The lowest BCUT2D eigenvalue weighted by Gasteiger charge is -2.11. The van der Waals surface area contributed by atoms with Crippen LogP contribution in [0.4, 0.5) is 0 Å². The number of nitrogens with one attached hydrogen (secondary N) is 1. The number of rotatable bonds is 8. The Morgan fingerprint density at radius 3 is 2.45 bits per heavy atom. The lowest BCUT2D eigenvalue weighted by Crippen LogP contribution is -2.27. The van der Waals surface area contributed by atoms with Crippen LogP contribution in [0.15, 0.2) is 66.9 Å². The van der Waals surface area contributed by atoms with E-state index < -0.39 is 0 Å². The first kappa shape index (κ1) is 22.5. The van der Waals surface area contributed by atoms with Gasteiger partial charge >= 0.3 is 0 Å². The molecule has 1 N–H and O–H groups in total. The van der Waals surface area contributed by atoms with E-state index in [4.69, 9.17) is 26.2 Å². The average molecular weight is 465 g/mol. The number of carbonyl (C=O) groups excluding carboxylic acids is 1. The first-order valence-corrected chi connectivity index (χ1v) is 10.8. The van der Waals surface area contributed by atoms with Crippen molar-refractivity contribution in [2.24, 2.45) is 7.05 Å². The van der Waals surface area contributed by atoms with Crippen molar-refractivity contribution in [3.05, 3.63) is 83.1 Å². The summed E-state index contributed by atoms with van der Waals surface area (Å²) in [5, 5.41) is 8.33. The Balaban J connectivity index is 1.55. The molecule has 4 rings (SSSR count). The highest BCUT2D eigenvalue weighted by molar-refractivity contribution is 6.30. The number of carbonyl (C=O) groups is 1. The fourth-order valence-electron chi connectivity index (χ4n) is 3.62. The molecule has 33 heavy (non-hydrogen) atoms. The molecule has 0 fully saturated rings. The highest BCUT2D eigenvalue weighted by Gasteiger charge is 2.18. The predicted molar refractivity (Wildman–Crippen MR) is 129 cm³/mol. The summed E-state index contributed by atoms with van der Waals surface area (Å²) in [6.07, 6.45) is 2.59. The van der Waals surface area contributed by atoms with Gasteiger partial charge in [-0.15, -0.1) is 0 Å². The molecule has 2 aromatic carbocycles. The third-order valence-electron chi connectivity index (χ3n) is 5.37. The van der Waals surface area contributed by atoms with Gasteiger partial charge in [0.25, 0.3) is 5.91 Å². The lowest BCUT2D eigenvalue weighted by molar-refractivity contribution is 0.0946. The number of benzene rings is 2. The second-order valence-corrected chi connectivity index (χ2v) is 7.94. The van der Waals surface area contributed by atoms with Gasteiger partial charge in [-0.3, -0.25) is 4.79 Å². The van der Waals surface area contributed by atoms with Gasteiger partial charge < -0.3 is 19.4 Å². The van der Waals surface area contributed by atoms with Gasteiger partial charge in [-0.1, -0.05) is 17.7 Å². The summed E-state index contributed by atoms with van der Waals surface area (Å²) in [4.78, 5) is 13.1. The minimum Gasteiger partial charge on any atom is -0.493 e. The summed E-state index contributed by atoms with van der Waals surface area (Å²) in [7, 11) is 5.15. The maximum absolute atomic E-state index is 13.1. The van der Waals surface area contributed by atoms with Crippen LogP contribution in [0.2, 0.25) is 5.02 Å². The Labute approximate surface area is 197 Å². The molecule has 0 radical (unpaired) electrons. The first-order valence-electron chi connectivity index (χ1n) is 10.5. The van der Waals surface area contributed by atoms with Gasteiger partial charge in [0.2, 0.25) is 0 Å². The molecule has 0 spiro atoms. The summed E-state index contributed by atoms with van der Waals surface area (Å²) in [5.74, 6) is 1.12. The fourth-order valence-corrected chi connectivity index (χ4v) is 3.75. The number of ether oxygens (including phenoxy) is 2. The molecule has 0 unspecified atom stereocenters. The molecule has 2 heterocycles. The van der Waals surface area contributed by atoms with E-state index in [1.807, 2.05) is 60.3 Å². The van der Waals surface area contributed by atoms with Crippen LogP contribution in [-0.4, -0.2) is 41.0 Å². The van der Waals surface area contributed by atoms with Gasteiger partial charge in [-0.05, 0) is 66.6 Å². The SMILES string of the molecule is COc1ccc(CCNC(=O)c2cc(-c3cccn3C)nn2-c2ccc(Cl)cc2)cc1OC. The molecule has 8 heteroatoms. The molecule has 0 saturated carbocycles. The van der Waals surface area contributed by atoms with Crippen LogP contribution in [0.1, 0.15) is 16.1 Å². The molecule has 0 saturated heterocycles. The zero-order valence-corrected chi connectivity index (χ0v) is 19.5. The quantitative estimate of drug-likeness (QED) is 0.416. The second-order valence-electron chi connectivity index (χ2n) is 7.50. The summed E-state index contributed by atoms with van der Waals surface area (Å²) >= 11 is 6.05. The third kappa shape index (κ3) is 4.88. The van der Waals surface area contributed by atoms with Crippen LogP contribution in [0, 0.1) is 0 Å². The molecule has 7 nitrogen and oxygen atoms in total. The molecule has 0 aliphatic heterocycles. The van der Waals surface area contributed by atoms with Gasteiger partial charge in [0, 0.05) is 24.8 Å². The Morgan fingerprint density at radius 2 is 1.79 bits per heavy atom. The molecular formula is C25H25ClN4O3. The van der Waals surface area contributed by atoms with Crippen molar-refractivity contribution in [2.75, 3.05) is 20.8 Å². The normalized spacial score (nSPS) is 10.8. The number of nitrogens with zero attached hydrogens (tertiary/aromatic N) is 3. The lowest BCUT2D eigenvalue weighted by atomic mass is 10.1. The van der Waals surface area contributed by atoms with Gasteiger partial charge in [-0.2, -0.15) is 5.10 Å². The van der Waals surface area contributed by atoms with E-state index >= 15 is 0 Å². The number of hydrogen-bond acceptors (Lipinski definition) is 4. The topological polar surface area (TPSA) is 70.3 Å². The van der Waals surface area contributed by atoms with Crippen LogP contribution >= 0.6 is 11.6 Å². The van der Waals surface area contributed by atoms with Gasteiger partial charge in [0.1, 0.15) is 11.4 Å². The highest BCUT2D eigenvalue weighted by atomic mass is 35.5. The van der Waals surface area contributed by atoms with Crippen molar-refractivity contribution < 1.29 is 14.3 Å². The largest absolute Gasteiger partial charge is 0.493 e. The minimum atomic E-state index is -0.210. The molecule has 4 aromatic rings. The van der Waals surface area contributed by atoms with Gasteiger partial charge in [0.05, 0.1) is 25.6 Å². The Kier molecular flexibility index (Phi) is 6.70. The van der Waals surface area contributed by atoms with Gasteiger partial charge in [-0.25, -0.2) is 4.68 Å². The van der Waals surface area contributed by atoms with E-state index in [1.165, 1.54) is 0 Å². The van der Waals surface area contributed by atoms with Crippen molar-refractivity contribution in [1.82, 2.24) is 19.7 Å². The van der Waals surface area contributed by atoms with Crippen molar-refractivity contribution in [3.8, 4) is 28.6 Å². The summed E-state index contributed by atoms with van der Waals surface area (Å²) in [6, 6.07) is 18.7. The van der Waals surface area contributed by atoms with E-state index in [9.17, 15) is 4.79 Å². The monoisotopic (exact) mass is 464 g/mol. The van der Waals surface area contributed by atoms with Crippen LogP contribution in [0.3, 0.4) is 0 Å². The van der Waals surface area contributed by atoms with E-state index in [-0.39, 0.29) is 5.91 Å². The molecule has 1 amide bonds. The molecule has 0 aliphatic rings. The van der Waals surface area contributed by atoms with E-state index in [0.717, 1.165) is 16.9 Å². The van der Waals surface area contributed by atoms with Crippen molar-refractivity contribution in [1.29, 1.82) is 0 Å². The minimum absolute atomic E-state index is 0.210. The number of aromatic nitrogens is 3. The standard InChI is InChI=1S/C25H25ClN4O3/c1-29-14-4-5-21(29)20-16-22(30(28-20)19-9-7-18(26)8-10-19)25(31)27-13-12-17-6-11-23(32-2)24(15-17)33-3/h4-11,14-16H,12-13H2,1-3H3,(H,27,31). The number of hydrogen-bond donors (Lipinski definition) is 1. The van der Waals surface area contributed by atoms with E-state index in [1.54, 1.807) is 37.1 Å². The Hall–Kier alpha value is -3.71. The summed E-state index contributed by atoms with van der Waals surface area (Å²) < 4.78 is 14.2. The summed E-state index contributed by atoms with van der Waals surface area (Å²) in [6.45, 7) is 0.458. The molecule has 2 aromatic heterocycles. The Morgan fingerprint density at radius 1 is 1.03 bits per heavy atom. The maximum Gasteiger partial charge on any atom is 0.270 e. The van der Waals surface area contributed by atoms with Crippen LogP contribution in [0.25, 0.3) is 17.1 Å². The van der Waals surface area contributed by atoms with Crippen molar-refractivity contribution >= 4 is 17.5 Å². The first-order chi connectivity index (χ1) is 16.0. The molecule has 0 atom stereocenters. The highest BCUT2D eigenvalue weighted by Crippen LogP contribution is 2.27. The van der Waals surface area contributed by atoms with Crippen molar-refractivity contribution in [2.45, 2.75) is 6.42 Å². The molecule has 0 bridgehead atoms. The second kappa shape index (κ2) is 9.83. The number of methoxy groups -OCH3 is 2. The zero-order valence-electron chi connectivity index (χ0n) is 18.7. The van der Waals surface area contributed by atoms with Crippen molar-refractivity contribution in [3.63, 3.8) is 0 Å². The van der Waals surface area contributed by atoms with Crippen LogP contribution in [0.5, 0.6) is 11.5 Å². The molecule has 170 valence electrons. The summed E-state index contributed by atoms with van der Waals surface area (Å²) in [5.41, 5.74) is 3.86. The predicted octanol–water partition coefficient (Wildman–Crippen LogP) is 4.52. The molecule has 0 aliphatic carbocycles. The van der Waals surface area contributed by atoms with E-state index in [0.29, 0.717) is 40.9 Å². The third-order valence-corrected chi connectivity index (χ3v) is 5.62. The smallest absolute Gasteiger partial charge is 0.270 e. The number of halogens is 1. The Bertz CT molecular complexity index is 1260. The average Bonchev–Trinajstić information content (AvgIpc) is 3.45. The zero-order chi connectivity index (χ0) is 23.4. The van der Waals surface area contributed by atoms with Gasteiger partial charge in [0.15, 0.2) is 11.5 Å². The van der Waals surface area contributed by atoms with Crippen LogP contribution in [-0.2, 0) is 13.5 Å². The number of amides is 1. The van der Waals surface area contributed by atoms with E-state index in [2.05, 4.69) is 5.32 Å². The fraction of sp³-hybridized carbons (Fsp3) is 0.200. The maximum atomic E-state index is 13.1. The molecular weight excluding hydrogens is 440 g/mol.